The first-order valence-electron chi connectivity index (χ1n) is 4.68. The van der Waals surface area contributed by atoms with Gasteiger partial charge >= 0.3 is 0 Å². The number of hydrogen-bond acceptors (Lipinski definition) is 5. The Morgan fingerprint density at radius 1 is 1.40 bits per heavy atom. The third kappa shape index (κ3) is 1.88. The second-order valence-corrected chi connectivity index (χ2v) is 2.94. The number of anilines is 2. The number of pyridine rings is 1. The molecule has 0 amide bonds. The Bertz CT molecular complexity index is 435. The van der Waals surface area contributed by atoms with Crippen molar-refractivity contribution in [1.29, 1.82) is 0 Å². The molecule has 0 fully saturated rings. The van der Waals surface area contributed by atoms with Crippen LogP contribution in [0.5, 0.6) is 0 Å². The quantitative estimate of drug-likeness (QED) is 0.768. The summed E-state index contributed by atoms with van der Waals surface area (Å²) in [6, 6.07) is 3.68. The first-order valence-corrected chi connectivity index (χ1v) is 4.68. The van der Waals surface area contributed by atoms with Gasteiger partial charge in [-0.05, 0) is 19.1 Å². The van der Waals surface area contributed by atoms with Crippen molar-refractivity contribution in [3.8, 4) is 5.69 Å². The Morgan fingerprint density at radius 3 is 2.80 bits per heavy atom. The molecule has 78 valence electrons. The van der Waals surface area contributed by atoms with Crippen LogP contribution in [-0.4, -0.2) is 26.3 Å². The number of nitrogens with two attached hydrogens (primary N) is 1. The van der Waals surface area contributed by atoms with Gasteiger partial charge in [0.1, 0.15) is 0 Å². The molecule has 0 unspecified atom stereocenters. The molecular formula is C9H12N6. The van der Waals surface area contributed by atoms with Crippen molar-refractivity contribution in [2.45, 2.75) is 6.92 Å². The lowest BCUT2D eigenvalue weighted by Gasteiger charge is -2.04. The molecule has 15 heavy (non-hydrogen) atoms. The predicted octanol–water partition coefficient (Wildman–Crippen LogP) is 0.676. The predicted molar refractivity (Wildman–Crippen MR) is 57.7 cm³/mol. The second kappa shape index (κ2) is 3.95. The van der Waals surface area contributed by atoms with Gasteiger partial charge in [0.05, 0.1) is 5.69 Å². The Hall–Kier alpha value is -2.11. The summed E-state index contributed by atoms with van der Waals surface area (Å²) in [5, 5.41) is 7.18. The molecule has 0 saturated carbocycles. The first kappa shape index (κ1) is 9.45. The highest BCUT2D eigenvalue weighted by atomic mass is 15.4. The van der Waals surface area contributed by atoms with Crippen LogP contribution in [-0.2, 0) is 0 Å². The molecular weight excluding hydrogens is 192 g/mol. The van der Waals surface area contributed by atoms with E-state index in [1.54, 1.807) is 17.1 Å². The average molecular weight is 204 g/mol. The fraction of sp³-hybridized carbons (Fsp3) is 0.222. The van der Waals surface area contributed by atoms with E-state index in [2.05, 4.69) is 20.4 Å². The second-order valence-electron chi connectivity index (χ2n) is 2.94. The standard InChI is InChI=1S/C9H12N6/c1-2-12-9-13-8(10)14-15(9)7-3-5-11-6-4-7/h3-6H,2H2,1H3,(H3,10,12,13,14). The van der Waals surface area contributed by atoms with Crippen LogP contribution in [0.4, 0.5) is 11.9 Å². The van der Waals surface area contributed by atoms with E-state index >= 15 is 0 Å². The zero-order valence-electron chi connectivity index (χ0n) is 8.38. The van der Waals surface area contributed by atoms with E-state index in [1.807, 2.05) is 19.1 Å². The molecule has 0 aromatic carbocycles. The zero-order chi connectivity index (χ0) is 10.7. The van der Waals surface area contributed by atoms with Crippen molar-refractivity contribution in [2.24, 2.45) is 0 Å². The number of nitrogens with one attached hydrogen (secondary N) is 1. The van der Waals surface area contributed by atoms with Gasteiger partial charge in [-0.15, -0.1) is 5.10 Å². The molecule has 0 aliphatic carbocycles. The summed E-state index contributed by atoms with van der Waals surface area (Å²) >= 11 is 0. The smallest absolute Gasteiger partial charge is 0.241 e. The molecule has 0 aliphatic heterocycles. The van der Waals surface area contributed by atoms with E-state index in [9.17, 15) is 0 Å². The molecule has 2 aromatic rings. The Morgan fingerprint density at radius 2 is 2.13 bits per heavy atom. The van der Waals surface area contributed by atoms with Crippen LogP contribution in [0.2, 0.25) is 0 Å². The molecule has 6 nitrogen and oxygen atoms in total. The SMILES string of the molecule is CCNc1nc(N)nn1-c1ccncc1. The molecule has 0 aliphatic rings. The van der Waals surface area contributed by atoms with E-state index in [1.165, 1.54) is 0 Å². The lowest BCUT2D eigenvalue weighted by atomic mass is 10.4. The summed E-state index contributed by atoms with van der Waals surface area (Å²) in [5.41, 5.74) is 6.43. The van der Waals surface area contributed by atoms with Gasteiger partial charge in [-0.2, -0.15) is 9.67 Å². The lowest BCUT2D eigenvalue weighted by Crippen LogP contribution is -2.06. The normalized spacial score (nSPS) is 10.2. The van der Waals surface area contributed by atoms with Gasteiger partial charge in [-0.25, -0.2) is 0 Å². The Kier molecular flexibility index (Phi) is 2.49. The topological polar surface area (TPSA) is 81.6 Å². The van der Waals surface area contributed by atoms with Gasteiger partial charge in [0, 0.05) is 18.9 Å². The van der Waals surface area contributed by atoms with Crippen LogP contribution in [0.1, 0.15) is 6.92 Å². The monoisotopic (exact) mass is 204 g/mol. The average Bonchev–Trinajstić information content (AvgIpc) is 2.62. The molecule has 0 saturated heterocycles. The van der Waals surface area contributed by atoms with Crippen molar-refractivity contribution in [1.82, 2.24) is 19.7 Å². The maximum Gasteiger partial charge on any atom is 0.241 e. The minimum Gasteiger partial charge on any atom is -0.366 e. The number of nitrogens with zero attached hydrogens (tertiary/aromatic N) is 4. The molecule has 0 atom stereocenters. The van der Waals surface area contributed by atoms with Gasteiger partial charge < -0.3 is 11.1 Å². The van der Waals surface area contributed by atoms with E-state index in [0.29, 0.717) is 5.95 Å². The van der Waals surface area contributed by atoms with Crippen molar-refractivity contribution < 1.29 is 0 Å². The number of hydrogen-bond donors (Lipinski definition) is 2. The first-order chi connectivity index (χ1) is 7.31. The van der Waals surface area contributed by atoms with Crippen LogP contribution in [0.25, 0.3) is 5.69 Å². The minimum atomic E-state index is 0.253. The van der Waals surface area contributed by atoms with Gasteiger partial charge in [-0.3, -0.25) is 4.98 Å². The molecule has 3 N–H and O–H groups in total. The van der Waals surface area contributed by atoms with Crippen LogP contribution < -0.4 is 11.1 Å². The van der Waals surface area contributed by atoms with Crippen LogP contribution in [0.15, 0.2) is 24.5 Å². The van der Waals surface area contributed by atoms with Crippen LogP contribution in [0.3, 0.4) is 0 Å². The lowest BCUT2D eigenvalue weighted by molar-refractivity contribution is 0.878. The number of rotatable bonds is 3. The zero-order valence-corrected chi connectivity index (χ0v) is 8.38. The van der Waals surface area contributed by atoms with Crippen molar-refractivity contribution >= 4 is 11.9 Å². The summed E-state index contributed by atoms with van der Waals surface area (Å²) in [4.78, 5) is 8.02. The molecule has 0 bridgehead atoms. The summed E-state index contributed by atoms with van der Waals surface area (Å²) in [6.45, 7) is 2.75. The van der Waals surface area contributed by atoms with Crippen molar-refractivity contribution in [3.63, 3.8) is 0 Å². The summed E-state index contributed by atoms with van der Waals surface area (Å²) in [5.74, 6) is 0.893. The third-order valence-corrected chi connectivity index (χ3v) is 1.87. The highest BCUT2D eigenvalue weighted by Gasteiger charge is 2.07. The van der Waals surface area contributed by atoms with E-state index in [4.69, 9.17) is 5.73 Å². The van der Waals surface area contributed by atoms with Gasteiger partial charge in [0.15, 0.2) is 0 Å². The highest BCUT2D eigenvalue weighted by molar-refractivity contribution is 5.41. The molecule has 2 rings (SSSR count). The molecule has 2 heterocycles. The maximum absolute atomic E-state index is 5.55. The maximum atomic E-state index is 5.55. The fourth-order valence-corrected chi connectivity index (χ4v) is 1.27. The molecule has 6 heteroatoms. The Balaban J connectivity index is 2.43. The third-order valence-electron chi connectivity index (χ3n) is 1.87. The summed E-state index contributed by atoms with van der Waals surface area (Å²) in [6.07, 6.45) is 3.39. The Labute approximate surface area is 87.2 Å². The number of aromatic nitrogens is 4. The molecule has 0 spiro atoms. The fourth-order valence-electron chi connectivity index (χ4n) is 1.27. The van der Waals surface area contributed by atoms with Gasteiger partial charge in [0.25, 0.3) is 0 Å². The van der Waals surface area contributed by atoms with Crippen LogP contribution >= 0.6 is 0 Å². The number of nitrogen functional groups attached to an aromatic ring is 1. The minimum absolute atomic E-state index is 0.253. The van der Waals surface area contributed by atoms with Gasteiger partial charge in [-0.1, -0.05) is 0 Å². The molecule has 2 aromatic heterocycles. The molecule has 0 radical (unpaired) electrons. The van der Waals surface area contributed by atoms with E-state index in [0.717, 1.165) is 12.2 Å². The summed E-state index contributed by atoms with van der Waals surface area (Å²) in [7, 11) is 0. The highest BCUT2D eigenvalue weighted by Crippen LogP contribution is 2.13. The van der Waals surface area contributed by atoms with E-state index < -0.39 is 0 Å². The summed E-state index contributed by atoms with van der Waals surface area (Å²) < 4.78 is 1.65. The van der Waals surface area contributed by atoms with E-state index in [-0.39, 0.29) is 5.95 Å². The van der Waals surface area contributed by atoms with Crippen molar-refractivity contribution in [2.75, 3.05) is 17.6 Å². The van der Waals surface area contributed by atoms with Crippen molar-refractivity contribution in [3.05, 3.63) is 24.5 Å². The largest absolute Gasteiger partial charge is 0.366 e. The van der Waals surface area contributed by atoms with Gasteiger partial charge in [0.2, 0.25) is 11.9 Å². The van der Waals surface area contributed by atoms with Crippen LogP contribution in [0, 0.1) is 0 Å².